The predicted octanol–water partition coefficient (Wildman–Crippen LogP) is 0.697. The molecule has 0 aliphatic heterocycles. The van der Waals surface area contributed by atoms with Crippen LogP contribution in [0.4, 0.5) is 0 Å². The number of nitrogens with zero attached hydrogens (tertiary/aromatic N) is 1. The Morgan fingerprint density at radius 1 is 1.69 bits per heavy atom. The average Bonchev–Trinajstić information content (AvgIpc) is 2.64. The van der Waals surface area contributed by atoms with Crippen LogP contribution in [0.1, 0.15) is 12.2 Å². The van der Waals surface area contributed by atoms with E-state index in [9.17, 15) is 4.79 Å². The number of H-pyrrole nitrogens is 1. The number of aromatic nitrogens is 2. The summed E-state index contributed by atoms with van der Waals surface area (Å²) >= 11 is 5.30. The minimum Gasteiger partial charge on any atom is -0.355 e. The molecule has 1 aromatic heterocycles. The van der Waals surface area contributed by atoms with Crippen molar-refractivity contribution in [3.8, 4) is 0 Å². The zero-order valence-corrected chi connectivity index (χ0v) is 7.97. The standard InChI is InChI=1S/C8H12ClN3O/c9-6-8(13)12-3-1-2-7-10-4-5-11-7/h4-5H,1-3,6H2,(H,10,11)(H,12,13). The second kappa shape index (κ2) is 5.59. The molecule has 0 aliphatic carbocycles. The van der Waals surface area contributed by atoms with Crippen molar-refractivity contribution in [1.29, 1.82) is 0 Å². The zero-order chi connectivity index (χ0) is 9.52. The van der Waals surface area contributed by atoms with Crippen molar-refractivity contribution in [3.63, 3.8) is 0 Å². The van der Waals surface area contributed by atoms with Crippen LogP contribution in [0.15, 0.2) is 12.4 Å². The maximum Gasteiger partial charge on any atom is 0.234 e. The molecule has 0 aliphatic rings. The Labute approximate surface area is 81.7 Å². The van der Waals surface area contributed by atoms with Crippen LogP contribution in [0.3, 0.4) is 0 Å². The molecule has 0 radical (unpaired) electrons. The normalized spacial score (nSPS) is 9.92. The van der Waals surface area contributed by atoms with Gasteiger partial charge in [-0.15, -0.1) is 11.6 Å². The Kier molecular flexibility index (Phi) is 4.32. The lowest BCUT2D eigenvalue weighted by Crippen LogP contribution is -2.25. The number of rotatable bonds is 5. The number of carbonyl (C=O) groups is 1. The van der Waals surface area contributed by atoms with Gasteiger partial charge in [-0.25, -0.2) is 4.98 Å². The van der Waals surface area contributed by atoms with Crippen LogP contribution in [0, 0.1) is 0 Å². The lowest BCUT2D eigenvalue weighted by Gasteiger charge is -2.00. The van der Waals surface area contributed by atoms with E-state index in [4.69, 9.17) is 11.6 Å². The fourth-order valence-electron chi connectivity index (χ4n) is 0.966. The SMILES string of the molecule is O=C(CCl)NCCCc1ncc[nH]1. The summed E-state index contributed by atoms with van der Waals surface area (Å²) in [6.07, 6.45) is 5.21. The van der Waals surface area contributed by atoms with Crippen molar-refractivity contribution in [2.24, 2.45) is 0 Å². The molecule has 0 spiro atoms. The number of nitrogens with one attached hydrogen (secondary N) is 2. The highest BCUT2D eigenvalue weighted by Gasteiger charge is 1.97. The molecule has 2 N–H and O–H groups in total. The van der Waals surface area contributed by atoms with E-state index < -0.39 is 0 Å². The Morgan fingerprint density at radius 2 is 2.54 bits per heavy atom. The molecule has 0 unspecified atom stereocenters. The largest absolute Gasteiger partial charge is 0.355 e. The highest BCUT2D eigenvalue weighted by molar-refractivity contribution is 6.27. The Bertz CT molecular complexity index is 248. The number of aryl methyl sites for hydroxylation is 1. The second-order valence-corrected chi connectivity index (χ2v) is 2.89. The van der Waals surface area contributed by atoms with E-state index in [1.165, 1.54) is 0 Å². The van der Waals surface area contributed by atoms with Crippen molar-refractivity contribution in [3.05, 3.63) is 18.2 Å². The lowest BCUT2D eigenvalue weighted by molar-refractivity contribution is -0.118. The van der Waals surface area contributed by atoms with Gasteiger partial charge in [0.1, 0.15) is 11.7 Å². The lowest BCUT2D eigenvalue weighted by atomic mass is 10.3. The van der Waals surface area contributed by atoms with E-state index in [0.717, 1.165) is 18.7 Å². The van der Waals surface area contributed by atoms with Crippen molar-refractivity contribution in [1.82, 2.24) is 15.3 Å². The third kappa shape index (κ3) is 3.94. The van der Waals surface area contributed by atoms with E-state index in [2.05, 4.69) is 15.3 Å². The molecule has 1 aromatic rings. The number of alkyl halides is 1. The predicted molar refractivity (Wildman–Crippen MR) is 50.6 cm³/mol. The maximum atomic E-state index is 10.7. The molecule has 0 aromatic carbocycles. The first-order valence-electron chi connectivity index (χ1n) is 4.14. The van der Waals surface area contributed by atoms with Crippen LogP contribution >= 0.6 is 11.6 Å². The first kappa shape index (κ1) is 10.1. The van der Waals surface area contributed by atoms with Crippen molar-refractivity contribution in [2.75, 3.05) is 12.4 Å². The molecular weight excluding hydrogens is 190 g/mol. The number of halogens is 1. The first-order valence-corrected chi connectivity index (χ1v) is 4.67. The van der Waals surface area contributed by atoms with Gasteiger partial charge in [-0.1, -0.05) is 0 Å². The number of amides is 1. The van der Waals surface area contributed by atoms with Gasteiger partial charge in [-0.2, -0.15) is 0 Å². The average molecular weight is 202 g/mol. The minimum atomic E-state index is -0.124. The highest BCUT2D eigenvalue weighted by Crippen LogP contribution is 1.93. The fourth-order valence-corrected chi connectivity index (χ4v) is 1.06. The topological polar surface area (TPSA) is 57.8 Å². The monoisotopic (exact) mass is 201 g/mol. The Balaban J connectivity index is 2.05. The summed E-state index contributed by atoms with van der Waals surface area (Å²) in [7, 11) is 0. The summed E-state index contributed by atoms with van der Waals surface area (Å²) in [4.78, 5) is 17.8. The molecule has 13 heavy (non-hydrogen) atoms. The van der Waals surface area contributed by atoms with Crippen molar-refractivity contribution < 1.29 is 4.79 Å². The number of carbonyl (C=O) groups excluding carboxylic acids is 1. The number of aromatic amines is 1. The summed E-state index contributed by atoms with van der Waals surface area (Å²) in [6.45, 7) is 0.645. The van der Waals surface area contributed by atoms with Crippen LogP contribution < -0.4 is 5.32 Å². The highest BCUT2D eigenvalue weighted by atomic mass is 35.5. The van der Waals surface area contributed by atoms with Crippen LogP contribution in [0.25, 0.3) is 0 Å². The molecule has 1 rings (SSSR count). The van der Waals surface area contributed by atoms with Gasteiger partial charge in [0.2, 0.25) is 5.91 Å². The quantitative estimate of drug-likeness (QED) is 0.544. The number of hydrogen-bond acceptors (Lipinski definition) is 2. The summed E-state index contributed by atoms with van der Waals surface area (Å²) in [5, 5.41) is 2.68. The number of hydrogen-bond donors (Lipinski definition) is 2. The second-order valence-electron chi connectivity index (χ2n) is 2.62. The third-order valence-corrected chi connectivity index (χ3v) is 1.83. The maximum absolute atomic E-state index is 10.7. The third-order valence-electron chi connectivity index (χ3n) is 1.59. The van der Waals surface area contributed by atoms with Crippen LogP contribution in [0.2, 0.25) is 0 Å². The Hall–Kier alpha value is -1.03. The summed E-state index contributed by atoms with van der Waals surface area (Å²) in [5.74, 6) is 0.849. The van der Waals surface area contributed by atoms with Gasteiger partial charge in [-0.3, -0.25) is 4.79 Å². The summed E-state index contributed by atoms with van der Waals surface area (Å²) in [6, 6.07) is 0. The first-order chi connectivity index (χ1) is 6.33. The molecule has 1 heterocycles. The van der Waals surface area contributed by atoms with Crippen LogP contribution in [-0.4, -0.2) is 28.3 Å². The van der Waals surface area contributed by atoms with E-state index in [1.807, 2.05) is 0 Å². The van der Waals surface area contributed by atoms with Gasteiger partial charge in [0, 0.05) is 25.4 Å². The van der Waals surface area contributed by atoms with Gasteiger partial charge in [0.05, 0.1) is 0 Å². The van der Waals surface area contributed by atoms with Crippen molar-refractivity contribution in [2.45, 2.75) is 12.8 Å². The van der Waals surface area contributed by atoms with Gasteiger partial charge in [0.25, 0.3) is 0 Å². The van der Waals surface area contributed by atoms with Crippen LogP contribution in [-0.2, 0) is 11.2 Å². The summed E-state index contributed by atoms with van der Waals surface area (Å²) < 4.78 is 0. The van der Waals surface area contributed by atoms with Gasteiger partial charge < -0.3 is 10.3 Å². The van der Waals surface area contributed by atoms with Gasteiger partial charge in [-0.05, 0) is 6.42 Å². The molecule has 5 heteroatoms. The van der Waals surface area contributed by atoms with E-state index >= 15 is 0 Å². The zero-order valence-electron chi connectivity index (χ0n) is 7.22. The molecule has 1 amide bonds. The van der Waals surface area contributed by atoms with Crippen molar-refractivity contribution >= 4 is 17.5 Å². The molecule has 0 atom stereocenters. The minimum absolute atomic E-state index is 0.0285. The summed E-state index contributed by atoms with van der Waals surface area (Å²) in [5.41, 5.74) is 0. The smallest absolute Gasteiger partial charge is 0.234 e. The fraction of sp³-hybridized carbons (Fsp3) is 0.500. The molecule has 0 saturated heterocycles. The van der Waals surface area contributed by atoms with E-state index in [-0.39, 0.29) is 11.8 Å². The molecular formula is C8H12ClN3O. The Morgan fingerprint density at radius 3 is 3.15 bits per heavy atom. The molecule has 4 nitrogen and oxygen atoms in total. The van der Waals surface area contributed by atoms with Crippen LogP contribution in [0.5, 0.6) is 0 Å². The molecule has 0 saturated carbocycles. The van der Waals surface area contributed by atoms with Gasteiger partial charge >= 0.3 is 0 Å². The number of imidazole rings is 1. The molecule has 72 valence electrons. The molecule has 0 fully saturated rings. The van der Waals surface area contributed by atoms with E-state index in [1.54, 1.807) is 12.4 Å². The van der Waals surface area contributed by atoms with Gasteiger partial charge in [0.15, 0.2) is 0 Å². The van der Waals surface area contributed by atoms with E-state index in [0.29, 0.717) is 6.54 Å². The molecule has 0 bridgehead atoms.